The Morgan fingerprint density at radius 2 is 1.88 bits per heavy atom. The molecule has 1 saturated heterocycles. The van der Waals surface area contributed by atoms with Gasteiger partial charge in [0.2, 0.25) is 5.91 Å². The van der Waals surface area contributed by atoms with Gasteiger partial charge in [0.15, 0.2) is 5.12 Å². The summed E-state index contributed by atoms with van der Waals surface area (Å²) >= 11 is 3.80. The molecule has 0 radical (unpaired) electrons. The molecule has 0 aromatic heterocycles. The van der Waals surface area contributed by atoms with Gasteiger partial charge in [0.05, 0.1) is 7.11 Å². The average Bonchev–Trinajstić information content (AvgIpc) is 3.19. The van der Waals surface area contributed by atoms with Crippen molar-refractivity contribution < 1.29 is 33.4 Å². The summed E-state index contributed by atoms with van der Waals surface area (Å²) in [7, 11) is 1.41. The Morgan fingerprint density at radius 3 is 2.50 bits per heavy atom. The lowest BCUT2D eigenvalue weighted by molar-refractivity contribution is -0.120. The van der Waals surface area contributed by atoms with Gasteiger partial charge in [-0.15, -0.1) is 12.6 Å². The fraction of sp³-hybridized carbons (Fsp3) is 0.364. The van der Waals surface area contributed by atoms with Gasteiger partial charge in [-0.1, -0.05) is 25.3 Å². The maximum Gasteiger partial charge on any atom is 0.410 e. The first kappa shape index (κ1) is 25.0. The van der Waals surface area contributed by atoms with E-state index in [4.69, 9.17) is 14.2 Å². The van der Waals surface area contributed by atoms with Gasteiger partial charge in [-0.3, -0.25) is 14.5 Å². The number of carbonyl (C=O) groups excluding carboxylic acids is 4. The van der Waals surface area contributed by atoms with Crippen LogP contribution in [0.5, 0.6) is 5.75 Å². The monoisotopic (exact) mass is 462 g/mol. The number of nitrogens with one attached hydrogen (secondary N) is 1. The quantitative estimate of drug-likeness (QED) is 0.312. The number of thiol groups is 1. The van der Waals surface area contributed by atoms with Crippen molar-refractivity contribution in [3.8, 4) is 5.75 Å². The van der Waals surface area contributed by atoms with Crippen LogP contribution in [0.4, 0.5) is 10.5 Å². The summed E-state index contributed by atoms with van der Waals surface area (Å²) in [4.78, 5) is 50.4. The van der Waals surface area contributed by atoms with Crippen LogP contribution in [-0.4, -0.2) is 60.9 Å². The molecule has 1 aliphatic heterocycles. The average molecular weight is 463 g/mol. The van der Waals surface area contributed by atoms with E-state index < -0.39 is 24.0 Å². The zero-order valence-electron chi connectivity index (χ0n) is 17.7. The number of likely N-dealkylation sites (tertiary alicyclic amines) is 1. The van der Waals surface area contributed by atoms with Crippen LogP contribution < -0.4 is 10.1 Å². The standard InChI is InChI=1S/C22H26N2O7S/c1-4-8-30-21(27)16-12-15(6-7-18(16)29-3)23-20(26)17-10-14(11-19(25)32)13-24(17)22(28)31-9-5-2/h4-7,12,14,17H,1-2,8-11,13H2,3H3,(H,23,26)(H,25,32)/t14-,17-/m0/s1. The van der Waals surface area contributed by atoms with Crippen molar-refractivity contribution in [2.24, 2.45) is 5.92 Å². The molecule has 2 rings (SSSR count). The normalized spacial score (nSPS) is 17.2. The molecule has 0 aliphatic carbocycles. The molecular weight excluding hydrogens is 436 g/mol. The summed E-state index contributed by atoms with van der Waals surface area (Å²) < 4.78 is 15.3. The first-order valence-corrected chi connectivity index (χ1v) is 10.3. The predicted molar refractivity (Wildman–Crippen MR) is 121 cm³/mol. The second-order valence-corrected chi connectivity index (χ2v) is 7.52. The highest BCUT2D eigenvalue weighted by molar-refractivity contribution is 7.96. The zero-order chi connectivity index (χ0) is 23.7. The lowest BCUT2D eigenvalue weighted by Gasteiger charge is -2.23. The van der Waals surface area contributed by atoms with E-state index in [-0.39, 0.29) is 54.9 Å². The van der Waals surface area contributed by atoms with Crippen LogP contribution >= 0.6 is 12.6 Å². The predicted octanol–water partition coefficient (Wildman–Crippen LogP) is 2.84. The smallest absolute Gasteiger partial charge is 0.410 e. The Kier molecular flexibility index (Phi) is 9.33. The number of ether oxygens (including phenoxy) is 3. The first-order chi connectivity index (χ1) is 15.3. The Labute approximate surface area is 191 Å². The molecule has 1 aromatic carbocycles. The molecule has 0 saturated carbocycles. The van der Waals surface area contributed by atoms with Crippen LogP contribution in [0.25, 0.3) is 0 Å². The van der Waals surface area contributed by atoms with Crippen molar-refractivity contribution in [3.63, 3.8) is 0 Å². The SMILES string of the molecule is C=CCOC(=O)c1cc(NC(=O)[C@@H]2C[C@@H](CC(=O)S)CN2C(=O)OCC=C)ccc1OC. The van der Waals surface area contributed by atoms with Gasteiger partial charge in [-0.2, -0.15) is 0 Å². The van der Waals surface area contributed by atoms with Crippen LogP contribution in [0, 0.1) is 5.92 Å². The zero-order valence-corrected chi connectivity index (χ0v) is 18.6. The molecule has 0 bridgehead atoms. The Hall–Kier alpha value is -3.27. The fourth-order valence-corrected chi connectivity index (χ4v) is 3.62. The molecular formula is C22H26N2O7S. The highest BCUT2D eigenvalue weighted by Gasteiger charge is 2.41. The second-order valence-electron chi connectivity index (χ2n) is 7.02. The Morgan fingerprint density at radius 1 is 1.19 bits per heavy atom. The summed E-state index contributed by atoms with van der Waals surface area (Å²) in [5.41, 5.74) is 0.439. The molecule has 1 aromatic rings. The third kappa shape index (κ3) is 6.61. The second kappa shape index (κ2) is 11.9. The fourth-order valence-electron chi connectivity index (χ4n) is 3.36. The molecule has 2 amide bonds. The summed E-state index contributed by atoms with van der Waals surface area (Å²) in [5, 5.41) is 2.38. The number of hydrogen-bond donors (Lipinski definition) is 2. The van der Waals surface area contributed by atoms with E-state index in [0.717, 1.165) is 0 Å². The van der Waals surface area contributed by atoms with E-state index in [0.29, 0.717) is 5.69 Å². The Bertz CT molecular complexity index is 902. The van der Waals surface area contributed by atoms with Crippen molar-refractivity contribution in [1.29, 1.82) is 0 Å². The first-order valence-electron chi connectivity index (χ1n) is 9.83. The molecule has 9 nitrogen and oxygen atoms in total. The maximum atomic E-state index is 13.0. The summed E-state index contributed by atoms with van der Waals surface area (Å²) in [5.74, 6) is -1.07. The molecule has 1 fully saturated rings. The van der Waals surface area contributed by atoms with Crippen molar-refractivity contribution in [2.45, 2.75) is 18.9 Å². The lowest BCUT2D eigenvalue weighted by atomic mass is 10.0. The van der Waals surface area contributed by atoms with Gasteiger partial charge < -0.3 is 19.5 Å². The van der Waals surface area contributed by atoms with Crippen LogP contribution in [-0.2, 0) is 19.1 Å². The molecule has 2 atom stereocenters. The minimum absolute atomic E-state index is 0.00546. The number of methoxy groups -OCH3 is 1. The van der Waals surface area contributed by atoms with Crippen molar-refractivity contribution >= 4 is 41.4 Å². The van der Waals surface area contributed by atoms with Crippen LogP contribution in [0.15, 0.2) is 43.5 Å². The van der Waals surface area contributed by atoms with Crippen molar-refractivity contribution in [3.05, 3.63) is 49.1 Å². The third-order valence-corrected chi connectivity index (χ3v) is 4.91. The van der Waals surface area contributed by atoms with Crippen LogP contribution in [0.2, 0.25) is 0 Å². The molecule has 1 heterocycles. The van der Waals surface area contributed by atoms with Gasteiger partial charge in [0.25, 0.3) is 0 Å². The third-order valence-electron chi connectivity index (χ3n) is 4.73. The highest BCUT2D eigenvalue weighted by atomic mass is 32.1. The summed E-state index contributed by atoms with van der Waals surface area (Å²) in [6.07, 6.45) is 2.57. The summed E-state index contributed by atoms with van der Waals surface area (Å²) in [6.45, 7) is 7.19. The maximum absolute atomic E-state index is 13.0. The van der Waals surface area contributed by atoms with Gasteiger partial charge in [-0.05, 0) is 30.5 Å². The minimum Gasteiger partial charge on any atom is -0.496 e. The minimum atomic E-state index is -0.858. The van der Waals surface area contributed by atoms with E-state index in [1.54, 1.807) is 6.07 Å². The molecule has 32 heavy (non-hydrogen) atoms. The number of anilines is 1. The van der Waals surface area contributed by atoms with Crippen molar-refractivity contribution in [1.82, 2.24) is 4.90 Å². The lowest BCUT2D eigenvalue weighted by Crippen LogP contribution is -2.43. The largest absolute Gasteiger partial charge is 0.496 e. The van der Waals surface area contributed by atoms with Gasteiger partial charge in [0, 0.05) is 18.7 Å². The van der Waals surface area contributed by atoms with E-state index in [1.165, 1.54) is 36.3 Å². The van der Waals surface area contributed by atoms with E-state index in [1.807, 2.05) is 0 Å². The molecule has 0 spiro atoms. The van der Waals surface area contributed by atoms with Crippen molar-refractivity contribution in [2.75, 3.05) is 32.2 Å². The molecule has 1 N–H and O–H groups in total. The van der Waals surface area contributed by atoms with Crippen LogP contribution in [0.1, 0.15) is 23.2 Å². The number of rotatable bonds is 10. The molecule has 1 aliphatic rings. The van der Waals surface area contributed by atoms with Gasteiger partial charge in [0.1, 0.15) is 30.6 Å². The molecule has 10 heteroatoms. The highest BCUT2D eigenvalue weighted by Crippen LogP contribution is 2.29. The van der Waals surface area contributed by atoms with E-state index in [9.17, 15) is 19.2 Å². The number of esters is 1. The van der Waals surface area contributed by atoms with Gasteiger partial charge in [-0.25, -0.2) is 9.59 Å². The number of benzene rings is 1. The molecule has 172 valence electrons. The number of hydrogen-bond acceptors (Lipinski definition) is 7. The van der Waals surface area contributed by atoms with Crippen LogP contribution in [0.3, 0.4) is 0 Å². The summed E-state index contributed by atoms with van der Waals surface area (Å²) in [6, 6.07) is 3.65. The Balaban J connectivity index is 2.21. The number of carbonyl (C=O) groups is 4. The van der Waals surface area contributed by atoms with Gasteiger partial charge >= 0.3 is 12.1 Å². The van der Waals surface area contributed by atoms with E-state index >= 15 is 0 Å². The van der Waals surface area contributed by atoms with E-state index in [2.05, 4.69) is 31.1 Å². The number of nitrogens with zero attached hydrogens (tertiary/aromatic N) is 1. The number of amides is 2. The molecule has 0 unspecified atom stereocenters. The topological polar surface area (TPSA) is 111 Å².